The van der Waals surface area contributed by atoms with Gasteiger partial charge in [-0.25, -0.2) is 0 Å². The van der Waals surface area contributed by atoms with Crippen molar-refractivity contribution in [1.82, 2.24) is 10.1 Å². The van der Waals surface area contributed by atoms with E-state index < -0.39 is 6.04 Å². The molecule has 1 atom stereocenters. The summed E-state index contributed by atoms with van der Waals surface area (Å²) >= 11 is 3.44. The first-order valence-corrected chi connectivity index (χ1v) is 5.87. The number of nitrogens with zero attached hydrogens (tertiary/aromatic N) is 2. The molecule has 5 nitrogen and oxygen atoms in total. The second-order valence-electron chi connectivity index (χ2n) is 3.71. The summed E-state index contributed by atoms with van der Waals surface area (Å²) in [5.41, 5.74) is 7.55. The molecule has 0 unspecified atom stereocenters. The van der Waals surface area contributed by atoms with E-state index in [1.54, 1.807) is 0 Å². The number of hydrogen-bond acceptors (Lipinski definition) is 5. The van der Waals surface area contributed by atoms with Crippen LogP contribution in [0.25, 0.3) is 11.4 Å². The summed E-state index contributed by atoms with van der Waals surface area (Å²) in [6.45, 7) is 1.77. The molecule has 0 aliphatic heterocycles. The molecule has 0 fully saturated rings. The minimum absolute atomic E-state index is 0.223. The van der Waals surface area contributed by atoms with Gasteiger partial charge in [-0.1, -0.05) is 33.2 Å². The minimum atomic E-state index is -0.634. The Labute approximate surface area is 107 Å². The van der Waals surface area contributed by atoms with Crippen molar-refractivity contribution < 1.29 is 9.63 Å². The largest absolute Gasteiger partial charge is 0.394 e. The number of benzene rings is 1. The van der Waals surface area contributed by atoms with Crippen molar-refractivity contribution in [3.05, 3.63) is 34.1 Å². The lowest BCUT2D eigenvalue weighted by Gasteiger charge is -2.00. The molecule has 0 spiro atoms. The molecule has 17 heavy (non-hydrogen) atoms. The Balaban J connectivity index is 2.33. The van der Waals surface area contributed by atoms with Gasteiger partial charge in [-0.3, -0.25) is 0 Å². The van der Waals surface area contributed by atoms with E-state index >= 15 is 0 Å². The Morgan fingerprint density at radius 3 is 2.94 bits per heavy atom. The van der Waals surface area contributed by atoms with Crippen LogP contribution in [0.4, 0.5) is 0 Å². The van der Waals surface area contributed by atoms with Gasteiger partial charge in [0.2, 0.25) is 11.7 Å². The van der Waals surface area contributed by atoms with Gasteiger partial charge in [0.15, 0.2) is 0 Å². The second kappa shape index (κ2) is 4.95. The highest BCUT2D eigenvalue weighted by Gasteiger charge is 2.14. The summed E-state index contributed by atoms with van der Waals surface area (Å²) in [4.78, 5) is 4.14. The van der Waals surface area contributed by atoms with E-state index in [4.69, 9.17) is 15.4 Å². The highest BCUT2D eigenvalue weighted by Crippen LogP contribution is 2.24. The van der Waals surface area contributed by atoms with E-state index in [2.05, 4.69) is 26.1 Å². The fourth-order valence-electron chi connectivity index (χ4n) is 1.31. The quantitative estimate of drug-likeness (QED) is 0.902. The summed E-state index contributed by atoms with van der Waals surface area (Å²) in [6.07, 6.45) is 0. The van der Waals surface area contributed by atoms with Gasteiger partial charge in [0, 0.05) is 10.0 Å². The summed E-state index contributed by atoms with van der Waals surface area (Å²) in [5, 5.41) is 12.7. The number of aryl methyl sites for hydroxylation is 1. The van der Waals surface area contributed by atoms with E-state index in [1.165, 1.54) is 0 Å². The van der Waals surface area contributed by atoms with E-state index in [1.807, 2.05) is 25.1 Å². The zero-order valence-electron chi connectivity index (χ0n) is 9.22. The van der Waals surface area contributed by atoms with Gasteiger partial charge >= 0.3 is 0 Å². The van der Waals surface area contributed by atoms with Gasteiger partial charge in [-0.15, -0.1) is 0 Å². The molecule has 0 amide bonds. The van der Waals surface area contributed by atoms with Crippen LogP contribution >= 0.6 is 15.9 Å². The first kappa shape index (κ1) is 12.2. The molecule has 3 N–H and O–H groups in total. The summed E-state index contributed by atoms with van der Waals surface area (Å²) in [5.74, 6) is 0.698. The predicted octanol–water partition coefficient (Wildman–Crippen LogP) is 1.80. The molecule has 0 bridgehead atoms. The van der Waals surface area contributed by atoms with Crippen LogP contribution in [0.1, 0.15) is 17.5 Å². The van der Waals surface area contributed by atoms with E-state index in [-0.39, 0.29) is 12.5 Å². The van der Waals surface area contributed by atoms with Gasteiger partial charge in [-0.2, -0.15) is 4.98 Å². The monoisotopic (exact) mass is 297 g/mol. The molecule has 1 heterocycles. The molecule has 0 aliphatic carbocycles. The molecule has 0 radical (unpaired) electrons. The van der Waals surface area contributed by atoms with Gasteiger partial charge in [0.05, 0.1) is 6.61 Å². The van der Waals surface area contributed by atoms with E-state index in [0.717, 1.165) is 15.6 Å². The third-order valence-corrected chi connectivity index (χ3v) is 3.24. The number of halogens is 1. The van der Waals surface area contributed by atoms with Crippen molar-refractivity contribution in [3.63, 3.8) is 0 Å². The van der Waals surface area contributed by atoms with Crippen LogP contribution in [0.2, 0.25) is 0 Å². The van der Waals surface area contributed by atoms with Crippen molar-refractivity contribution in [1.29, 1.82) is 0 Å². The molecule has 6 heteroatoms. The number of rotatable bonds is 3. The van der Waals surface area contributed by atoms with Crippen molar-refractivity contribution in [3.8, 4) is 11.4 Å². The molecule has 1 aromatic heterocycles. The molecule has 1 aromatic carbocycles. The molecule has 0 saturated carbocycles. The van der Waals surface area contributed by atoms with Gasteiger partial charge in [0.1, 0.15) is 6.04 Å². The maximum Gasteiger partial charge on any atom is 0.246 e. The van der Waals surface area contributed by atoms with Crippen LogP contribution < -0.4 is 5.73 Å². The first-order chi connectivity index (χ1) is 8.11. The molecular weight excluding hydrogens is 286 g/mol. The fraction of sp³-hybridized carbons (Fsp3) is 0.273. The number of aliphatic hydroxyl groups is 1. The molecule has 0 saturated heterocycles. The summed E-state index contributed by atoms with van der Waals surface area (Å²) < 4.78 is 5.96. The molecule has 0 aliphatic rings. The van der Waals surface area contributed by atoms with Crippen molar-refractivity contribution in [2.75, 3.05) is 6.61 Å². The Hall–Kier alpha value is -1.24. The highest BCUT2D eigenvalue weighted by molar-refractivity contribution is 9.10. The van der Waals surface area contributed by atoms with Gasteiger partial charge in [0.25, 0.3) is 0 Å². The third-order valence-electron chi connectivity index (χ3n) is 2.39. The second-order valence-corrected chi connectivity index (χ2v) is 4.56. The molecule has 2 rings (SSSR count). The standard InChI is InChI=1S/C11H12BrN3O2/c1-6-2-3-7(4-8(6)12)10-14-11(17-15-10)9(13)5-16/h2-4,9,16H,5,13H2,1H3/t9-/m1/s1. The van der Waals surface area contributed by atoms with Crippen molar-refractivity contribution in [2.24, 2.45) is 5.73 Å². The maximum atomic E-state index is 8.89. The van der Waals surface area contributed by atoms with Crippen LogP contribution in [-0.4, -0.2) is 21.9 Å². The lowest BCUT2D eigenvalue weighted by molar-refractivity contribution is 0.237. The van der Waals surface area contributed by atoms with Gasteiger partial charge < -0.3 is 15.4 Å². The van der Waals surface area contributed by atoms with Crippen LogP contribution in [0.3, 0.4) is 0 Å². The number of aromatic nitrogens is 2. The van der Waals surface area contributed by atoms with Crippen molar-refractivity contribution in [2.45, 2.75) is 13.0 Å². The third kappa shape index (κ3) is 2.54. The fourth-order valence-corrected chi connectivity index (χ4v) is 1.69. The Bertz CT molecular complexity index is 527. The van der Waals surface area contributed by atoms with Crippen LogP contribution in [0, 0.1) is 6.92 Å². The lowest BCUT2D eigenvalue weighted by atomic mass is 10.1. The summed E-state index contributed by atoms with van der Waals surface area (Å²) in [6, 6.07) is 5.14. The maximum absolute atomic E-state index is 8.89. The van der Waals surface area contributed by atoms with Crippen LogP contribution in [0.15, 0.2) is 27.2 Å². The SMILES string of the molecule is Cc1ccc(-c2noc([C@H](N)CO)n2)cc1Br. The lowest BCUT2D eigenvalue weighted by Crippen LogP contribution is -2.14. The smallest absolute Gasteiger partial charge is 0.246 e. The van der Waals surface area contributed by atoms with Crippen LogP contribution in [-0.2, 0) is 0 Å². The number of hydrogen-bond donors (Lipinski definition) is 2. The average Bonchev–Trinajstić information content (AvgIpc) is 2.81. The number of aliphatic hydroxyl groups excluding tert-OH is 1. The Kier molecular flexibility index (Phi) is 3.56. The Morgan fingerprint density at radius 1 is 1.53 bits per heavy atom. The average molecular weight is 298 g/mol. The highest BCUT2D eigenvalue weighted by atomic mass is 79.9. The Morgan fingerprint density at radius 2 is 2.29 bits per heavy atom. The van der Waals surface area contributed by atoms with Gasteiger partial charge in [-0.05, 0) is 18.6 Å². The zero-order chi connectivity index (χ0) is 12.4. The predicted molar refractivity (Wildman–Crippen MR) is 66.2 cm³/mol. The normalized spacial score (nSPS) is 12.7. The van der Waals surface area contributed by atoms with E-state index in [9.17, 15) is 0 Å². The zero-order valence-corrected chi connectivity index (χ0v) is 10.8. The van der Waals surface area contributed by atoms with E-state index in [0.29, 0.717) is 5.82 Å². The minimum Gasteiger partial charge on any atom is -0.394 e. The number of nitrogens with two attached hydrogens (primary N) is 1. The summed E-state index contributed by atoms with van der Waals surface area (Å²) in [7, 11) is 0. The molecular formula is C11H12BrN3O2. The molecule has 2 aromatic rings. The first-order valence-electron chi connectivity index (χ1n) is 5.08. The van der Waals surface area contributed by atoms with Crippen LogP contribution in [0.5, 0.6) is 0 Å². The van der Waals surface area contributed by atoms with Crippen molar-refractivity contribution >= 4 is 15.9 Å². The topological polar surface area (TPSA) is 85.2 Å². The molecule has 90 valence electrons.